The summed E-state index contributed by atoms with van der Waals surface area (Å²) in [5.74, 6) is -0.493. The number of anilines is 2. The second-order valence-electron chi connectivity index (χ2n) is 4.77. The maximum atomic E-state index is 12.2. The first kappa shape index (κ1) is 16.0. The van der Waals surface area contributed by atoms with Gasteiger partial charge in [-0.25, -0.2) is 0 Å². The van der Waals surface area contributed by atoms with Crippen LogP contribution in [0.4, 0.5) is 11.5 Å². The average molecular weight is 309 g/mol. The van der Waals surface area contributed by atoms with Crippen LogP contribution in [0.15, 0.2) is 36.9 Å². The normalized spacial score (nSPS) is 9.78. The molecule has 1 aromatic heterocycles. The van der Waals surface area contributed by atoms with Gasteiger partial charge in [0.05, 0.1) is 5.69 Å². The lowest BCUT2D eigenvalue weighted by Crippen LogP contribution is -2.13. The summed E-state index contributed by atoms with van der Waals surface area (Å²) in [5, 5.41) is 18.4. The van der Waals surface area contributed by atoms with Crippen molar-refractivity contribution >= 4 is 23.3 Å². The second kappa shape index (κ2) is 6.58. The molecule has 0 fully saturated rings. The van der Waals surface area contributed by atoms with E-state index in [1.54, 1.807) is 38.2 Å². The molecule has 0 spiro atoms. The zero-order valence-electron chi connectivity index (χ0n) is 12.8. The van der Waals surface area contributed by atoms with E-state index in [2.05, 4.69) is 22.3 Å². The number of amides is 2. The van der Waals surface area contributed by atoms with Gasteiger partial charge in [-0.05, 0) is 37.3 Å². The number of nitrogens with zero attached hydrogens (tertiary/aromatic N) is 3. The largest absolute Gasteiger partial charge is 0.323 e. The predicted molar refractivity (Wildman–Crippen MR) is 85.9 cm³/mol. The van der Waals surface area contributed by atoms with Crippen LogP contribution in [0.2, 0.25) is 0 Å². The minimum atomic E-state index is -0.388. The van der Waals surface area contributed by atoms with Crippen molar-refractivity contribution in [3.63, 3.8) is 0 Å². The van der Waals surface area contributed by atoms with Crippen LogP contribution in [0.5, 0.6) is 0 Å². The van der Waals surface area contributed by atoms with Gasteiger partial charge in [-0.15, -0.1) is 0 Å². The third-order valence-electron chi connectivity index (χ3n) is 3.28. The van der Waals surface area contributed by atoms with Gasteiger partial charge in [0.2, 0.25) is 5.91 Å². The van der Waals surface area contributed by atoms with Crippen molar-refractivity contribution in [1.82, 2.24) is 9.78 Å². The summed E-state index contributed by atoms with van der Waals surface area (Å²) in [5.41, 5.74) is 1.94. The summed E-state index contributed by atoms with van der Waals surface area (Å²) in [6.45, 7) is 5.11. The topological polar surface area (TPSA) is 99.8 Å². The summed E-state index contributed by atoms with van der Waals surface area (Å²) >= 11 is 0. The molecule has 2 amide bonds. The van der Waals surface area contributed by atoms with E-state index in [1.807, 2.05) is 6.07 Å². The molecular formula is C16H15N5O2. The molecule has 0 bridgehead atoms. The maximum absolute atomic E-state index is 12.2. The third kappa shape index (κ3) is 3.44. The minimum Gasteiger partial charge on any atom is -0.323 e. The van der Waals surface area contributed by atoms with E-state index in [9.17, 15) is 9.59 Å². The molecule has 0 atom stereocenters. The molecule has 1 aromatic carbocycles. The van der Waals surface area contributed by atoms with Gasteiger partial charge in [-0.3, -0.25) is 14.3 Å². The number of aryl methyl sites for hydroxylation is 1. The number of carbonyl (C=O) groups excluding carboxylic acids is 2. The minimum absolute atomic E-state index is 0.224. The van der Waals surface area contributed by atoms with Gasteiger partial charge in [0.15, 0.2) is 5.82 Å². The van der Waals surface area contributed by atoms with E-state index in [0.717, 1.165) is 6.08 Å². The lowest BCUT2D eigenvalue weighted by atomic mass is 10.2. The monoisotopic (exact) mass is 309 g/mol. The Bertz CT molecular complexity index is 812. The van der Waals surface area contributed by atoms with Crippen LogP contribution in [-0.2, 0) is 11.8 Å². The summed E-state index contributed by atoms with van der Waals surface area (Å²) in [4.78, 5) is 23.4. The summed E-state index contributed by atoms with van der Waals surface area (Å²) in [7, 11) is 1.70. The van der Waals surface area contributed by atoms with Gasteiger partial charge in [-0.1, -0.05) is 6.58 Å². The van der Waals surface area contributed by atoms with Gasteiger partial charge in [0.25, 0.3) is 5.91 Å². The molecule has 7 nitrogen and oxygen atoms in total. The van der Waals surface area contributed by atoms with Crippen molar-refractivity contribution in [3.05, 3.63) is 53.7 Å². The zero-order valence-corrected chi connectivity index (χ0v) is 12.8. The number of nitriles is 1. The van der Waals surface area contributed by atoms with Crippen molar-refractivity contribution in [1.29, 1.82) is 5.26 Å². The molecule has 0 aliphatic rings. The summed E-state index contributed by atoms with van der Waals surface area (Å²) in [6.07, 6.45) is 1.16. The molecule has 0 unspecified atom stereocenters. The van der Waals surface area contributed by atoms with Crippen LogP contribution in [0.25, 0.3) is 0 Å². The van der Waals surface area contributed by atoms with E-state index in [0.29, 0.717) is 22.5 Å². The Morgan fingerprint density at radius 3 is 2.52 bits per heavy atom. The smallest absolute Gasteiger partial charge is 0.256 e. The number of nitrogens with one attached hydrogen (secondary N) is 2. The number of rotatable bonds is 4. The van der Waals surface area contributed by atoms with Gasteiger partial charge < -0.3 is 10.6 Å². The molecule has 0 saturated carbocycles. The number of hydrogen-bond donors (Lipinski definition) is 2. The highest BCUT2D eigenvalue weighted by molar-refractivity contribution is 6.05. The van der Waals surface area contributed by atoms with E-state index in [1.165, 1.54) is 4.68 Å². The lowest BCUT2D eigenvalue weighted by molar-refractivity contribution is -0.111. The molecule has 0 aliphatic carbocycles. The Morgan fingerprint density at radius 1 is 1.30 bits per heavy atom. The Labute approximate surface area is 133 Å². The molecule has 2 N–H and O–H groups in total. The zero-order chi connectivity index (χ0) is 17.0. The molecule has 116 valence electrons. The fourth-order valence-electron chi connectivity index (χ4n) is 1.91. The molecule has 2 aromatic rings. The number of aromatic nitrogens is 2. The van der Waals surface area contributed by atoms with E-state index >= 15 is 0 Å². The molecular weight excluding hydrogens is 294 g/mol. The quantitative estimate of drug-likeness (QED) is 0.843. The lowest BCUT2D eigenvalue weighted by Gasteiger charge is -2.05. The van der Waals surface area contributed by atoms with Crippen molar-refractivity contribution in [3.8, 4) is 6.07 Å². The van der Waals surface area contributed by atoms with Crippen molar-refractivity contribution < 1.29 is 9.59 Å². The molecule has 1 heterocycles. The SMILES string of the molecule is C=CC(=O)Nc1ccc(C(=O)Nc2nn(C)c(C)c2C#N)cc1. The van der Waals surface area contributed by atoms with Gasteiger partial charge in [-0.2, -0.15) is 10.4 Å². The Hall–Kier alpha value is -3.40. The highest BCUT2D eigenvalue weighted by Gasteiger charge is 2.16. The molecule has 0 saturated heterocycles. The first-order valence-electron chi connectivity index (χ1n) is 6.74. The van der Waals surface area contributed by atoms with Gasteiger partial charge in [0.1, 0.15) is 11.6 Å². The van der Waals surface area contributed by atoms with Crippen LogP contribution in [-0.4, -0.2) is 21.6 Å². The average Bonchev–Trinajstić information content (AvgIpc) is 2.81. The fraction of sp³-hybridized carbons (Fsp3) is 0.125. The highest BCUT2D eigenvalue weighted by Crippen LogP contribution is 2.18. The van der Waals surface area contributed by atoms with Crippen LogP contribution in [0.1, 0.15) is 21.6 Å². The van der Waals surface area contributed by atoms with Crippen molar-refractivity contribution in [2.75, 3.05) is 10.6 Å². The molecule has 23 heavy (non-hydrogen) atoms. The Kier molecular flexibility index (Phi) is 4.57. The van der Waals surface area contributed by atoms with Gasteiger partial charge >= 0.3 is 0 Å². The Morgan fingerprint density at radius 2 is 1.96 bits per heavy atom. The van der Waals surface area contributed by atoms with Crippen molar-refractivity contribution in [2.24, 2.45) is 7.05 Å². The first-order chi connectivity index (χ1) is 11.0. The fourth-order valence-corrected chi connectivity index (χ4v) is 1.91. The van der Waals surface area contributed by atoms with Crippen LogP contribution >= 0.6 is 0 Å². The van der Waals surface area contributed by atoms with E-state index in [4.69, 9.17) is 5.26 Å². The van der Waals surface area contributed by atoms with Crippen LogP contribution in [0, 0.1) is 18.3 Å². The van der Waals surface area contributed by atoms with Crippen LogP contribution in [0.3, 0.4) is 0 Å². The highest BCUT2D eigenvalue weighted by atomic mass is 16.2. The number of benzene rings is 1. The molecule has 0 radical (unpaired) electrons. The Balaban J connectivity index is 2.15. The molecule has 0 aliphatic heterocycles. The number of hydrogen-bond acceptors (Lipinski definition) is 4. The molecule has 7 heteroatoms. The predicted octanol–water partition coefficient (Wildman–Crippen LogP) is 1.98. The third-order valence-corrected chi connectivity index (χ3v) is 3.28. The van der Waals surface area contributed by atoms with E-state index in [-0.39, 0.29) is 17.6 Å². The molecule has 2 rings (SSSR count). The number of carbonyl (C=O) groups is 2. The van der Waals surface area contributed by atoms with Crippen molar-refractivity contribution in [2.45, 2.75) is 6.92 Å². The standard InChI is InChI=1S/C16H15N5O2/c1-4-14(22)18-12-7-5-11(6-8-12)16(23)19-15-13(9-17)10(2)21(3)20-15/h4-8H,1H2,2-3H3,(H,18,22)(H,19,20,23). The summed E-state index contributed by atoms with van der Waals surface area (Å²) in [6, 6.07) is 8.36. The maximum Gasteiger partial charge on any atom is 0.256 e. The van der Waals surface area contributed by atoms with E-state index < -0.39 is 0 Å². The van der Waals surface area contributed by atoms with Gasteiger partial charge in [0, 0.05) is 18.3 Å². The second-order valence-corrected chi connectivity index (χ2v) is 4.77. The first-order valence-corrected chi connectivity index (χ1v) is 6.74. The summed E-state index contributed by atoms with van der Waals surface area (Å²) < 4.78 is 1.53. The van der Waals surface area contributed by atoms with Crippen LogP contribution < -0.4 is 10.6 Å².